The molecule has 4 aliphatic rings. The van der Waals surface area contributed by atoms with Gasteiger partial charge in [-0.1, -0.05) is 30.3 Å². The van der Waals surface area contributed by atoms with Crippen LogP contribution in [0.5, 0.6) is 0 Å². The number of nitrogens with zero attached hydrogens (tertiary/aromatic N) is 2. The van der Waals surface area contributed by atoms with E-state index < -0.39 is 0 Å². The minimum Gasteiger partial charge on any atom is -0.463 e. The molecule has 0 radical (unpaired) electrons. The van der Waals surface area contributed by atoms with Gasteiger partial charge >= 0.3 is 0 Å². The van der Waals surface area contributed by atoms with Crippen LogP contribution in [0.15, 0.2) is 53.1 Å². The lowest BCUT2D eigenvalue weighted by Crippen LogP contribution is -2.88. The van der Waals surface area contributed by atoms with Crippen LogP contribution in [0.3, 0.4) is 0 Å². The molecule has 1 aromatic heterocycles. The standard InChI is InChI=1S/C26H31N3O2/c27-9-5-10-29(26-15-19-12-20(16-26)14-21(13-19)17-26)24(30)18-28-25(23-8-4-11-31-23)22-6-2-1-3-7-22/h1-4,6-8,11,19-21,25,28H,5,10,12-18H2/p+1/t19?,20?,21?,25-,26?/m1/s1. The molecule has 4 bridgehead atoms. The summed E-state index contributed by atoms with van der Waals surface area (Å²) in [6.07, 6.45) is 9.55. The average Bonchev–Trinajstić information content (AvgIpc) is 3.28. The summed E-state index contributed by atoms with van der Waals surface area (Å²) in [5, 5.41) is 11.4. The normalized spacial score (nSPS) is 29.5. The third-order valence-electron chi connectivity index (χ3n) is 7.86. The topological polar surface area (TPSA) is 73.8 Å². The average molecular weight is 419 g/mol. The molecule has 2 N–H and O–H groups in total. The largest absolute Gasteiger partial charge is 0.463 e. The lowest BCUT2D eigenvalue weighted by atomic mass is 9.52. The summed E-state index contributed by atoms with van der Waals surface area (Å²) in [4.78, 5) is 15.8. The van der Waals surface area contributed by atoms with Gasteiger partial charge in [-0.3, -0.25) is 4.79 Å². The maximum atomic E-state index is 13.6. The maximum Gasteiger partial charge on any atom is 0.278 e. The van der Waals surface area contributed by atoms with Crippen LogP contribution >= 0.6 is 0 Å². The second-order valence-corrected chi connectivity index (χ2v) is 9.94. The number of carbonyl (C=O) groups excluding carboxylic acids is 1. The first-order valence-corrected chi connectivity index (χ1v) is 11.8. The number of nitrogens with two attached hydrogens (primary N) is 1. The Morgan fingerprint density at radius 2 is 1.77 bits per heavy atom. The molecule has 4 fully saturated rings. The lowest BCUT2D eigenvalue weighted by molar-refractivity contribution is -0.679. The Morgan fingerprint density at radius 1 is 1.10 bits per heavy atom. The number of amides is 1. The summed E-state index contributed by atoms with van der Waals surface area (Å²) in [5.74, 6) is 3.34. The van der Waals surface area contributed by atoms with Gasteiger partial charge in [-0.15, -0.1) is 0 Å². The van der Waals surface area contributed by atoms with Crippen LogP contribution in [0.2, 0.25) is 0 Å². The van der Waals surface area contributed by atoms with Crippen LogP contribution < -0.4 is 5.32 Å². The van der Waals surface area contributed by atoms with Gasteiger partial charge < -0.3 is 14.6 Å². The van der Waals surface area contributed by atoms with E-state index in [1.165, 1.54) is 19.3 Å². The molecule has 162 valence electrons. The number of nitriles is 1. The number of furan rings is 1. The lowest BCUT2D eigenvalue weighted by Gasteiger charge is -2.60. The van der Waals surface area contributed by atoms with Gasteiger partial charge in [-0.05, 0) is 68.4 Å². The number of hydrogen-bond acceptors (Lipinski definition) is 3. The molecule has 2 aromatic rings. The highest BCUT2D eigenvalue weighted by molar-refractivity contribution is 5.78. The van der Waals surface area contributed by atoms with Crippen molar-refractivity contribution in [2.24, 2.45) is 17.8 Å². The highest BCUT2D eigenvalue weighted by atomic mass is 16.3. The fourth-order valence-corrected chi connectivity index (χ4v) is 7.06. The van der Waals surface area contributed by atoms with Crippen molar-refractivity contribution in [2.45, 2.75) is 56.5 Å². The predicted octanol–water partition coefficient (Wildman–Crippen LogP) is 3.64. The minimum atomic E-state index is -0.0469. The molecule has 0 spiro atoms. The second-order valence-electron chi connectivity index (χ2n) is 9.94. The Kier molecular flexibility index (Phi) is 5.58. The van der Waals surface area contributed by atoms with Crippen molar-refractivity contribution in [3.05, 3.63) is 60.1 Å². The SMILES string of the molecule is N#CCCN(C(=O)C[NH2+][C@H](c1ccccc1)c1ccco1)C12CC3CC(CC(C3)C1)C2. The predicted molar refractivity (Wildman–Crippen MR) is 117 cm³/mol. The molecule has 4 aliphatic carbocycles. The quantitative estimate of drug-likeness (QED) is 0.711. The molecular weight excluding hydrogens is 386 g/mol. The summed E-state index contributed by atoms with van der Waals surface area (Å²) in [6, 6.07) is 16.3. The van der Waals surface area contributed by atoms with Crippen molar-refractivity contribution < 1.29 is 14.5 Å². The molecule has 1 amide bonds. The van der Waals surface area contributed by atoms with Crippen molar-refractivity contribution in [3.8, 4) is 6.07 Å². The summed E-state index contributed by atoms with van der Waals surface area (Å²) < 4.78 is 5.71. The van der Waals surface area contributed by atoms with E-state index in [0.717, 1.165) is 48.3 Å². The van der Waals surface area contributed by atoms with Crippen molar-refractivity contribution in [2.75, 3.05) is 13.1 Å². The zero-order valence-corrected chi connectivity index (χ0v) is 18.1. The van der Waals surface area contributed by atoms with Gasteiger partial charge in [0, 0.05) is 17.6 Å². The number of rotatable bonds is 8. The van der Waals surface area contributed by atoms with Crippen LogP contribution in [0.1, 0.15) is 62.3 Å². The van der Waals surface area contributed by atoms with Crippen LogP contribution in [-0.2, 0) is 4.79 Å². The smallest absolute Gasteiger partial charge is 0.278 e. The molecule has 1 atom stereocenters. The molecule has 6 rings (SSSR count). The summed E-state index contributed by atoms with van der Waals surface area (Å²) in [5.41, 5.74) is 1.12. The number of carbonyl (C=O) groups is 1. The molecule has 4 saturated carbocycles. The number of quaternary nitrogens is 1. The summed E-state index contributed by atoms with van der Waals surface area (Å²) >= 11 is 0. The van der Waals surface area contributed by atoms with E-state index in [1.807, 2.05) is 30.3 Å². The number of benzene rings is 1. The van der Waals surface area contributed by atoms with Crippen LogP contribution in [0.25, 0.3) is 0 Å². The number of hydrogen-bond donors (Lipinski definition) is 1. The van der Waals surface area contributed by atoms with Crippen LogP contribution in [0, 0.1) is 29.1 Å². The zero-order chi connectivity index (χ0) is 21.3. The Bertz CT molecular complexity index is 896. The van der Waals surface area contributed by atoms with Gasteiger partial charge in [0.15, 0.2) is 18.3 Å². The molecule has 31 heavy (non-hydrogen) atoms. The molecule has 1 aromatic carbocycles. The van der Waals surface area contributed by atoms with Crippen molar-refractivity contribution >= 4 is 5.91 Å². The monoisotopic (exact) mass is 418 g/mol. The van der Waals surface area contributed by atoms with Crippen molar-refractivity contribution in [3.63, 3.8) is 0 Å². The third kappa shape index (κ3) is 4.02. The van der Waals surface area contributed by atoms with Crippen LogP contribution in [0.4, 0.5) is 0 Å². The molecule has 1 heterocycles. The first kappa shape index (κ1) is 20.3. The summed E-state index contributed by atoms with van der Waals surface area (Å²) in [6.45, 7) is 0.930. The zero-order valence-electron chi connectivity index (χ0n) is 18.1. The van der Waals surface area contributed by atoms with Gasteiger partial charge in [0.2, 0.25) is 0 Å². The van der Waals surface area contributed by atoms with E-state index in [4.69, 9.17) is 4.42 Å². The molecular formula is C26H32N3O2+. The van der Waals surface area contributed by atoms with E-state index in [-0.39, 0.29) is 17.5 Å². The van der Waals surface area contributed by atoms with E-state index in [2.05, 4.69) is 28.4 Å². The van der Waals surface area contributed by atoms with Crippen molar-refractivity contribution in [1.29, 1.82) is 5.26 Å². The van der Waals surface area contributed by atoms with Gasteiger partial charge in [0.1, 0.15) is 0 Å². The minimum absolute atomic E-state index is 0.0105. The van der Waals surface area contributed by atoms with E-state index in [1.54, 1.807) is 6.26 Å². The molecule has 5 heteroatoms. The fraction of sp³-hybridized carbons (Fsp3) is 0.538. The Balaban J connectivity index is 1.35. The Labute approximate surface area is 184 Å². The van der Waals surface area contributed by atoms with E-state index >= 15 is 0 Å². The molecule has 0 unspecified atom stereocenters. The van der Waals surface area contributed by atoms with Gasteiger partial charge in [0.05, 0.1) is 18.8 Å². The third-order valence-corrected chi connectivity index (χ3v) is 7.86. The first-order valence-electron chi connectivity index (χ1n) is 11.8. The molecule has 5 nitrogen and oxygen atoms in total. The Hall–Kier alpha value is -2.58. The fourth-order valence-electron chi connectivity index (χ4n) is 7.06. The van der Waals surface area contributed by atoms with Gasteiger partial charge in [0.25, 0.3) is 5.91 Å². The van der Waals surface area contributed by atoms with E-state index in [0.29, 0.717) is 19.5 Å². The van der Waals surface area contributed by atoms with Gasteiger partial charge in [-0.25, -0.2) is 0 Å². The maximum absolute atomic E-state index is 13.6. The first-order chi connectivity index (χ1) is 15.2. The Morgan fingerprint density at radius 3 is 2.35 bits per heavy atom. The molecule has 0 aliphatic heterocycles. The highest BCUT2D eigenvalue weighted by Gasteiger charge is 2.54. The summed E-state index contributed by atoms with van der Waals surface area (Å²) in [7, 11) is 0. The van der Waals surface area contributed by atoms with Gasteiger partial charge in [-0.2, -0.15) is 5.26 Å². The highest BCUT2D eigenvalue weighted by Crippen LogP contribution is 2.57. The van der Waals surface area contributed by atoms with Crippen LogP contribution in [-0.4, -0.2) is 29.4 Å². The second kappa shape index (κ2) is 8.51. The van der Waals surface area contributed by atoms with Crippen molar-refractivity contribution in [1.82, 2.24) is 4.90 Å². The van der Waals surface area contributed by atoms with E-state index in [9.17, 15) is 10.1 Å². The molecule has 0 saturated heterocycles.